The smallest absolute Gasteiger partial charge is 0.122 e. The molecule has 0 N–H and O–H groups in total. The van der Waals surface area contributed by atoms with E-state index in [-0.39, 0.29) is 0 Å². The number of fused-ring (bicyclic) bond motifs is 1. The number of rotatable bonds is 1. The predicted octanol–water partition coefficient (Wildman–Crippen LogP) is 2.00. The Bertz CT molecular complexity index is 270. The molecule has 0 aromatic heterocycles. The summed E-state index contributed by atoms with van der Waals surface area (Å²) in [6.45, 7) is 0.857. The van der Waals surface area contributed by atoms with E-state index in [1.165, 1.54) is 11.1 Å². The minimum atomic E-state index is 0.857. The van der Waals surface area contributed by atoms with Gasteiger partial charge in [-0.3, -0.25) is 0 Å². The van der Waals surface area contributed by atoms with E-state index in [2.05, 4.69) is 27.4 Å². The van der Waals surface area contributed by atoms with Crippen molar-refractivity contribution >= 4 is 9.24 Å². The van der Waals surface area contributed by atoms with Crippen molar-refractivity contribution in [3.63, 3.8) is 0 Å². The fourth-order valence-corrected chi connectivity index (χ4v) is 1.62. The Morgan fingerprint density at radius 1 is 1.45 bits per heavy atom. The second-order valence-corrected chi connectivity index (χ2v) is 3.15. The predicted molar refractivity (Wildman–Crippen MR) is 49.1 cm³/mol. The van der Waals surface area contributed by atoms with E-state index in [0.717, 1.165) is 24.9 Å². The van der Waals surface area contributed by atoms with Gasteiger partial charge >= 0.3 is 0 Å². The quantitative estimate of drug-likeness (QED) is 0.580. The molecule has 1 heterocycles. The van der Waals surface area contributed by atoms with Crippen molar-refractivity contribution in [2.24, 2.45) is 0 Å². The topological polar surface area (TPSA) is 9.23 Å². The van der Waals surface area contributed by atoms with E-state index in [0.29, 0.717) is 0 Å². The molecule has 0 bridgehead atoms. The van der Waals surface area contributed by atoms with E-state index < -0.39 is 0 Å². The third kappa shape index (κ3) is 1.25. The molecule has 58 valence electrons. The summed E-state index contributed by atoms with van der Waals surface area (Å²) < 4.78 is 5.39. The Balaban J connectivity index is 2.41. The standard InChI is InChI=1S/C9H11OP/c11-6-7-1-2-9-8(5-7)3-4-10-9/h1-2,5H,3-4,6,11H2. The molecule has 0 fully saturated rings. The lowest BCUT2D eigenvalue weighted by molar-refractivity contribution is 0.357. The summed E-state index contributed by atoms with van der Waals surface area (Å²) in [5, 5.41) is 0. The first kappa shape index (κ1) is 7.12. The van der Waals surface area contributed by atoms with Gasteiger partial charge in [0.25, 0.3) is 0 Å². The molecule has 1 aliphatic heterocycles. The van der Waals surface area contributed by atoms with Crippen LogP contribution in [-0.4, -0.2) is 6.61 Å². The average Bonchev–Trinajstić information content (AvgIpc) is 2.50. The third-order valence-electron chi connectivity index (χ3n) is 1.99. The lowest BCUT2D eigenvalue weighted by Crippen LogP contribution is -1.85. The molecule has 1 aromatic rings. The molecule has 11 heavy (non-hydrogen) atoms. The number of benzene rings is 1. The van der Waals surface area contributed by atoms with Gasteiger partial charge in [-0.15, -0.1) is 9.24 Å². The first-order valence-corrected chi connectivity index (χ1v) is 4.66. The summed E-state index contributed by atoms with van der Waals surface area (Å²) >= 11 is 0. The lowest BCUT2D eigenvalue weighted by atomic mass is 10.1. The molecule has 1 aliphatic rings. The van der Waals surface area contributed by atoms with Gasteiger partial charge in [-0.05, 0) is 23.4 Å². The molecule has 2 rings (SSSR count). The lowest BCUT2D eigenvalue weighted by Gasteiger charge is -2.00. The van der Waals surface area contributed by atoms with Crippen LogP contribution in [0.15, 0.2) is 18.2 Å². The zero-order valence-corrected chi connectivity index (χ0v) is 7.49. The maximum Gasteiger partial charge on any atom is 0.122 e. The first-order chi connectivity index (χ1) is 5.40. The second kappa shape index (κ2) is 2.83. The zero-order valence-electron chi connectivity index (χ0n) is 6.34. The summed E-state index contributed by atoms with van der Waals surface area (Å²) in [6, 6.07) is 6.42. The highest BCUT2D eigenvalue weighted by molar-refractivity contribution is 7.15. The Morgan fingerprint density at radius 3 is 3.18 bits per heavy atom. The van der Waals surface area contributed by atoms with Crippen LogP contribution in [0.2, 0.25) is 0 Å². The molecule has 1 nitrogen and oxygen atoms in total. The summed E-state index contributed by atoms with van der Waals surface area (Å²) in [5.41, 5.74) is 2.74. The normalized spacial score (nSPS) is 14.3. The zero-order chi connectivity index (χ0) is 7.68. The molecule has 1 aromatic carbocycles. The Morgan fingerprint density at radius 2 is 2.36 bits per heavy atom. The van der Waals surface area contributed by atoms with E-state index in [1.807, 2.05) is 0 Å². The monoisotopic (exact) mass is 166 g/mol. The highest BCUT2D eigenvalue weighted by Crippen LogP contribution is 2.26. The number of hydrogen-bond donors (Lipinski definition) is 0. The van der Waals surface area contributed by atoms with Crippen LogP contribution in [-0.2, 0) is 12.6 Å². The van der Waals surface area contributed by atoms with Crippen LogP contribution in [0.4, 0.5) is 0 Å². The minimum Gasteiger partial charge on any atom is -0.493 e. The van der Waals surface area contributed by atoms with E-state index in [1.54, 1.807) is 0 Å². The highest BCUT2D eigenvalue weighted by Gasteiger charge is 2.10. The fourth-order valence-electron chi connectivity index (χ4n) is 1.37. The summed E-state index contributed by atoms with van der Waals surface area (Å²) in [4.78, 5) is 0. The maximum absolute atomic E-state index is 5.39. The van der Waals surface area contributed by atoms with Crippen molar-refractivity contribution < 1.29 is 4.74 Å². The molecule has 1 atom stereocenters. The molecule has 0 radical (unpaired) electrons. The summed E-state index contributed by atoms with van der Waals surface area (Å²) in [6.07, 6.45) is 2.11. The van der Waals surface area contributed by atoms with Crippen LogP contribution in [0.5, 0.6) is 5.75 Å². The second-order valence-electron chi connectivity index (χ2n) is 2.74. The number of ether oxygens (including phenoxy) is 1. The van der Waals surface area contributed by atoms with Gasteiger partial charge in [0.15, 0.2) is 0 Å². The van der Waals surface area contributed by atoms with E-state index >= 15 is 0 Å². The molecular formula is C9H11OP. The van der Waals surface area contributed by atoms with Gasteiger partial charge in [-0.2, -0.15) is 0 Å². The van der Waals surface area contributed by atoms with Crippen molar-refractivity contribution in [3.05, 3.63) is 29.3 Å². The molecule has 0 amide bonds. The van der Waals surface area contributed by atoms with E-state index in [4.69, 9.17) is 4.74 Å². The Labute approximate surface area is 69.0 Å². The van der Waals surface area contributed by atoms with Crippen molar-refractivity contribution in [2.75, 3.05) is 6.61 Å². The Hall–Kier alpha value is -0.550. The van der Waals surface area contributed by atoms with Gasteiger partial charge in [-0.1, -0.05) is 12.1 Å². The third-order valence-corrected chi connectivity index (χ3v) is 2.46. The molecule has 0 aliphatic carbocycles. The van der Waals surface area contributed by atoms with Gasteiger partial charge in [0.2, 0.25) is 0 Å². The molecule has 1 unspecified atom stereocenters. The average molecular weight is 166 g/mol. The maximum atomic E-state index is 5.39. The Kier molecular flexibility index (Phi) is 1.83. The van der Waals surface area contributed by atoms with Crippen molar-refractivity contribution in [2.45, 2.75) is 12.6 Å². The van der Waals surface area contributed by atoms with Gasteiger partial charge in [-0.25, -0.2) is 0 Å². The van der Waals surface area contributed by atoms with Crippen LogP contribution in [0.3, 0.4) is 0 Å². The van der Waals surface area contributed by atoms with Crippen molar-refractivity contribution in [1.29, 1.82) is 0 Å². The highest BCUT2D eigenvalue weighted by atomic mass is 31.0. The summed E-state index contributed by atoms with van der Waals surface area (Å²) in [5.74, 6) is 1.08. The molecule has 0 saturated heterocycles. The summed E-state index contributed by atoms with van der Waals surface area (Å²) in [7, 11) is 2.73. The largest absolute Gasteiger partial charge is 0.493 e. The van der Waals surface area contributed by atoms with E-state index in [9.17, 15) is 0 Å². The van der Waals surface area contributed by atoms with Crippen LogP contribution in [0.1, 0.15) is 11.1 Å². The first-order valence-electron chi connectivity index (χ1n) is 3.85. The van der Waals surface area contributed by atoms with Gasteiger partial charge < -0.3 is 4.74 Å². The van der Waals surface area contributed by atoms with Crippen molar-refractivity contribution in [3.8, 4) is 5.75 Å². The van der Waals surface area contributed by atoms with Crippen molar-refractivity contribution in [1.82, 2.24) is 0 Å². The molecule has 2 heteroatoms. The molecule has 0 spiro atoms. The fraction of sp³-hybridized carbons (Fsp3) is 0.333. The van der Waals surface area contributed by atoms with Gasteiger partial charge in [0.05, 0.1) is 6.61 Å². The van der Waals surface area contributed by atoms with Gasteiger partial charge in [0, 0.05) is 6.42 Å². The van der Waals surface area contributed by atoms with Crippen LogP contribution in [0.25, 0.3) is 0 Å². The minimum absolute atomic E-state index is 0.857. The van der Waals surface area contributed by atoms with Gasteiger partial charge in [0.1, 0.15) is 5.75 Å². The van der Waals surface area contributed by atoms with Crippen LogP contribution < -0.4 is 4.74 Å². The van der Waals surface area contributed by atoms with Crippen LogP contribution in [0, 0.1) is 0 Å². The van der Waals surface area contributed by atoms with Crippen LogP contribution >= 0.6 is 9.24 Å². The molecule has 0 saturated carbocycles. The SMILES string of the molecule is PCc1ccc2c(c1)CCO2. The number of hydrogen-bond acceptors (Lipinski definition) is 1. The molecular weight excluding hydrogens is 155 g/mol.